The first-order valence-electron chi connectivity index (χ1n) is 2.28. The van der Waals surface area contributed by atoms with Gasteiger partial charge in [0.2, 0.25) is 0 Å². The highest BCUT2D eigenvalue weighted by molar-refractivity contribution is 7.64. The van der Waals surface area contributed by atoms with Gasteiger partial charge in [-0.25, -0.2) is 0 Å². The Hall–Kier alpha value is 0.170. The summed E-state index contributed by atoms with van der Waals surface area (Å²) in [4.78, 5) is 16.4. The first kappa shape index (κ1) is 10.2. The summed E-state index contributed by atoms with van der Waals surface area (Å²) in [6, 6.07) is 0. The third kappa shape index (κ3) is 6.29. The molecule has 0 heterocycles. The van der Waals surface area contributed by atoms with E-state index < -0.39 is 21.5 Å². The highest BCUT2D eigenvalue weighted by Gasteiger charge is 2.30. The first-order valence-corrected chi connectivity index (χ1v) is 5.44. The van der Waals surface area contributed by atoms with Gasteiger partial charge in [-0.05, 0) is 4.57 Å². The van der Waals surface area contributed by atoms with Crippen molar-refractivity contribution in [1.29, 1.82) is 0 Å². The van der Waals surface area contributed by atoms with Crippen LogP contribution < -0.4 is 5.73 Å². The van der Waals surface area contributed by atoms with Crippen molar-refractivity contribution < 1.29 is 23.4 Å². The lowest BCUT2D eigenvalue weighted by atomic mass is 11.4. The van der Waals surface area contributed by atoms with Gasteiger partial charge in [-0.1, -0.05) is 0 Å². The molecule has 0 aromatic heterocycles. The lowest BCUT2D eigenvalue weighted by Gasteiger charge is -1.91. The van der Waals surface area contributed by atoms with Crippen molar-refractivity contribution in [1.82, 2.24) is 0 Å². The Kier molecular flexibility index (Phi) is 4.20. The smallest absolute Gasteiger partial charge is 0.321 e. The zero-order valence-electron chi connectivity index (χ0n) is 5.01. The molecule has 0 aromatic rings. The Bertz CT molecular complexity index is 163. The standard InChI is InChI=1S/C2H7NO5P2/c3-1-8-9(4)2-10(5,6)7/h1-3H2,(H-,5,6,7)/p+1. The van der Waals surface area contributed by atoms with Crippen molar-refractivity contribution in [2.75, 3.05) is 12.6 Å². The van der Waals surface area contributed by atoms with Gasteiger partial charge in [-0.2, -0.15) is 0 Å². The molecule has 4 N–H and O–H groups in total. The second kappa shape index (κ2) is 4.13. The van der Waals surface area contributed by atoms with Gasteiger partial charge in [-0.15, -0.1) is 4.52 Å². The van der Waals surface area contributed by atoms with Gasteiger partial charge in [-0.3, -0.25) is 4.57 Å². The van der Waals surface area contributed by atoms with Crippen LogP contribution in [0.1, 0.15) is 0 Å². The van der Waals surface area contributed by atoms with Crippen LogP contribution in [0.3, 0.4) is 0 Å². The molecule has 0 saturated heterocycles. The van der Waals surface area contributed by atoms with E-state index in [4.69, 9.17) is 15.5 Å². The Morgan fingerprint density at radius 1 is 1.60 bits per heavy atom. The maximum Gasteiger partial charge on any atom is 0.522 e. The second-order valence-electron chi connectivity index (χ2n) is 1.43. The third-order valence-corrected chi connectivity index (χ3v) is 3.35. The Morgan fingerprint density at radius 2 is 2.10 bits per heavy atom. The summed E-state index contributed by atoms with van der Waals surface area (Å²) in [7, 11) is -6.52. The zero-order valence-corrected chi connectivity index (χ0v) is 6.79. The molecular formula is C2H8NO5P2+. The molecule has 0 spiro atoms. The van der Waals surface area contributed by atoms with E-state index in [1.807, 2.05) is 0 Å². The highest BCUT2D eigenvalue weighted by Crippen LogP contribution is 2.44. The zero-order chi connectivity index (χ0) is 8.20. The van der Waals surface area contributed by atoms with Gasteiger partial charge < -0.3 is 15.5 Å². The molecule has 0 aliphatic heterocycles. The van der Waals surface area contributed by atoms with E-state index in [0.717, 1.165) is 0 Å². The molecule has 0 saturated carbocycles. The summed E-state index contributed by atoms with van der Waals surface area (Å²) in [5.74, 6) is -0.764. The van der Waals surface area contributed by atoms with E-state index in [2.05, 4.69) is 4.52 Å². The highest BCUT2D eigenvalue weighted by atomic mass is 31.2. The number of hydrogen-bond acceptors (Lipinski definition) is 4. The average Bonchev–Trinajstić information content (AvgIpc) is 1.59. The van der Waals surface area contributed by atoms with Gasteiger partial charge in [0.05, 0.1) is 0 Å². The van der Waals surface area contributed by atoms with Crippen LogP contribution in [-0.2, 0) is 13.7 Å². The van der Waals surface area contributed by atoms with Gasteiger partial charge in [0.25, 0.3) is 5.90 Å². The van der Waals surface area contributed by atoms with Crippen molar-refractivity contribution in [3.63, 3.8) is 0 Å². The van der Waals surface area contributed by atoms with Crippen LogP contribution in [0.15, 0.2) is 0 Å². The van der Waals surface area contributed by atoms with E-state index in [9.17, 15) is 9.13 Å². The minimum atomic E-state index is -4.22. The fourth-order valence-electron chi connectivity index (χ4n) is 0.274. The van der Waals surface area contributed by atoms with Gasteiger partial charge in [0, 0.05) is 0 Å². The summed E-state index contributed by atoms with van der Waals surface area (Å²) in [5.41, 5.74) is 4.79. The van der Waals surface area contributed by atoms with E-state index in [1.54, 1.807) is 0 Å². The molecule has 8 heteroatoms. The molecule has 0 rings (SSSR count). The van der Waals surface area contributed by atoms with Crippen molar-refractivity contribution in [2.45, 2.75) is 0 Å². The largest absolute Gasteiger partial charge is 0.522 e. The van der Waals surface area contributed by atoms with Gasteiger partial charge >= 0.3 is 15.6 Å². The minimum absolute atomic E-state index is 0.296. The van der Waals surface area contributed by atoms with Crippen molar-refractivity contribution >= 4 is 15.6 Å². The van der Waals surface area contributed by atoms with Crippen LogP contribution in [0.5, 0.6) is 0 Å². The molecule has 10 heavy (non-hydrogen) atoms. The Balaban J connectivity index is 3.70. The monoisotopic (exact) mass is 188 g/mol. The quantitative estimate of drug-likeness (QED) is 0.416. The molecule has 1 unspecified atom stereocenters. The summed E-state index contributed by atoms with van der Waals surface area (Å²) in [6.07, 6.45) is 0. The molecule has 0 bridgehead atoms. The number of nitrogens with two attached hydrogens (primary N) is 1. The molecule has 1 atom stereocenters. The van der Waals surface area contributed by atoms with Crippen LogP contribution >= 0.6 is 15.6 Å². The molecule has 60 valence electrons. The minimum Gasteiger partial charge on any atom is -0.321 e. The molecule has 0 fully saturated rings. The molecule has 0 radical (unpaired) electrons. The van der Waals surface area contributed by atoms with E-state index in [0.29, 0.717) is 0 Å². The predicted molar refractivity (Wildman–Crippen MR) is 34.7 cm³/mol. The summed E-state index contributed by atoms with van der Waals surface area (Å²) in [5, 5.41) is 0. The topological polar surface area (TPSA) is 110 Å². The molecule has 0 amide bonds. The Labute approximate surface area is 58.4 Å². The van der Waals surface area contributed by atoms with Gasteiger partial charge in [0.1, 0.15) is 0 Å². The van der Waals surface area contributed by atoms with Crippen molar-refractivity contribution in [2.24, 2.45) is 5.73 Å². The lowest BCUT2D eigenvalue weighted by Crippen LogP contribution is -1.99. The average molecular weight is 188 g/mol. The number of rotatable bonds is 4. The predicted octanol–water partition coefficient (Wildman–Crippen LogP) is -0.203. The fourth-order valence-corrected chi connectivity index (χ4v) is 1.97. The van der Waals surface area contributed by atoms with Crippen LogP contribution in [0.25, 0.3) is 0 Å². The van der Waals surface area contributed by atoms with E-state index in [-0.39, 0.29) is 6.73 Å². The number of hydrogen-bond donors (Lipinski definition) is 3. The second-order valence-corrected chi connectivity index (χ2v) is 4.82. The Morgan fingerprint density at radius 3 is 2.40 bits per heavy atom. The lowest BCUT2D eigenvalue weighted by molar-refractivity contribution is 0.337. The maximum absolute atomic E-state index is 10.4. The normalized spacial score (nSPS) is 13.3. The molecular weight excluding hydrogens is 180 g/mol. The van der Waals surface area contributed by atoms with Crippen molar-refractivity contribution in [3.05, 3.63) is 0 Å². The van der Waals surface area contributed by atoms with Crippen LogP contribution in [-0.4, -0.2) is 22.4 Å². The fraction of sp³-hybridized carbons (Fsp3) is 1.00. The van der Waals surface area contributed by atoms with E-state index >= 15 is 0 Å². The molecule has 0 aliphatic rings. The van der Waals surface area contributed by atoms with Crippen LogP contribution in [0, 0.1) is 0 Å². The van der Waals surface area contributed by atoms with Crippen molar-refractivity contribution in [3.8, 4) is 0 Å². The van der Waals surface area contributed by atoms with Crippen LogP contribution in [0.4, 0.5) is 0 Å². The first-order chi connectivity index (χ1) is 4.45. The molecule has 0 aromatic carbocycles. The van der Waals surface area contributed by atoms with Gasteiger partial charge in [0.15, 0.2) is 6.73 Å². The van der Waals surface area contributed by atoms with Crippen LogP contribution in [0.2, 0.25) is 0 Å². The summed E-state index contributed by atoms with van der Waals surface area (Å²) in [6.45, 7) is -0.296. The van der Waals surface area contributed by atoms with E-state index in [1.165, 1.54) is 0 Å². The maximum atomic E-state index is 10.4. The molecule has 6 nitrogen and oxygen atoms in total. The summed E-state index contributed by atoms with van der Waals surface area (Å²) >= 11 is 0. The SMILES string of the molecule is NCO[P+](=O)CP(=O)(O)O. The third-order valence-electron chi connectivity index (χ3n) is 0.518. The summed E-state index contributed by atoms with van der Waals surface area (Å²) < 4.78 is 24.7. The molecule has 0 aliphatic carbocycles.